The average molecular weight is 320 g/mol. The van der Waals surface area contributed by atoms with Crippen LogP contribution in [0.3, 0.4) is 0 Å². The number of para-hydroxylation sites is 2. The quantitative estimate of drug-likeness (QED) is 0.552. The fraction of sp³-hybridized carbons (Fsp3) is 0.211. The molecule has 0 aliphatic rings. The van der Waals surface area contributed by atoms with Gasteiger partial charge >= 0.3 is 0 Å². The maximum atomic E-state index is 14.3. The van der Waals surface area contributed by atoms with E-state index in [-0.39, 0.29) is 5.82 Å². The standard InChI is InChI=1S/C19H17FN4/c1-2-3-12-24-18(13-8-4-5-9-14(13)20)23-17-19(24)22-16-11-7-6-10-15(16)21-17/h4-11H,2-3,12H2,1H3. The zero-order valence-electron chi connectivity index (χ0n) is 13.4. The third-order valence-corrected chi connectivity index (χ3v) is 4.11. The summed E-state index contributed by atoms with van der Waals surface area (Å²) in [6.45, 7) is 2.87. The van der Waals surface area contributed by atoms with Crippen molar-refractivity contribution in [1.29, 1.82) is 0 Å². The maximum absolute atomic E-state index is 14.3. The van der Waals surface area contributed by atoms with Crippen molar-refractivity contribution >= 4 is 22.3 Å². The third kappa shape index (κ3) is 2.42. The lowest BCUT2D eigenvalue weighted by Gasteiger charge is -2.08. The van der Waals surface area contributed by atoms with Crippen molar-refractivity contribution in [3.05, 3.63) is 54.3 Å². The Labute approximate surface area is 139 Å². The molecule has 0 aliphatic heterocycles. The molecule has 0 unspecified atom stereocenters. The van der Waals surface area contributed by atoms with E-state index in [9.17, 15) is 4.39 Å². The van der Waals surface area contributed by atoms with E-state index >= 15 is 0 Å². The average Bonchev–Trinajstić information content (AvgIpc) is 2.95. The van der Waals surface area contributed by atoms with Gasteiger partial charge in [0.1, 0.15) is 11.6 Å². The van der Waals surface area contributed by atoms with Gasteiger partial charge in [-0.3, -0.25) is 0 Å². The first-order valence-electron chi connectivity index (χ1n) is 8.16. The van der Waals surface area contributed by atoms with Crippen molar-refractivity contribution in [2.75, 3.05) is 0 Å². The molecule has 0 N–H and O–H groups in total. The van der Waals surface area contributed by atoms with Crippen molar-refractivity contribution in [2.24, 2.45) is 0 Å². The van der Waals surface area contributed by atoms with Crippen LogP contribution in [0.5, 0.6) is 0 Å². The van der Waals surface area contributed by atoms with E-state index in [4.69, 9.17) is 4.98 Å². The Hall–Kier alpha value is -2.82. The summed E-state index contributed by atoms with van der Waals surface area (Å²) < 4.78 is 16.3. The van der Waals surface area contributed by atoms with E-state index in [1.165, 1.54) is 6.07 Å². The number of halogens is 1. The van der Waals surface area contributed by atoms with Gasteiger partial charge in [-0.1, -0.05) is 37.6 Å². The van der Waals surface area contributed by atoms with Crippen molar-refractivity contribution in [1.82, 2.24) is 19.5 Å². The Kier molecular flexibility index (Phi) is 3.69. The maximum Gasteiger partial charge on any atom is 0.198 e. The molecule has 0 atom stereocenters. The van der Waals surface area contributed by atoms with Gasteiger partial charge in [0.05, 0.1) is 16.6 Å². The van der Waals surface area contributed by atoms with Gasteiger partial charge in [-0.15, -0.1) is 0 Å². The molecule has 24 heavy (non-hydrogen) atoms. The molecule has 0 spiro atoms. The molecule has 0 saturated carbocycles. The Morgan fingerprint density at radius 3 is 2.38 bits per heavy atom. The third-order valence-electron chi connectivity index (χ3n) is 4.11. The zero-order chi connectivity index (χ0) is 16.5. The molecule has 120 valence electrons. The van der Waals surface area contributed by atoms with Crippen LogP contribution in [-0.2, 0) is 6.54 Å². The van der Waals surface area contributed by atoms with Crippen molar-refractivity contribution in [3.8, 4) is 11.4 Å². The number of rotatable bonds is 4. The van der Waals surface area contributed by atoms with Crippen molar-refractivity contribution < 1.29 is 4.39 Å². The van der Waals surface area contributed by atoms with Gasteiger partial charge in [0.2, 0.25) is 0 Å². The SMILES string of the molecule is CCCCn1c(-c2ccccc2F)nc2nc3ccccc3nc21. The minimum Gasteiger partial charge on any atom is -0.307 e. The van der Waals surface area contributed by atoms with Crippen LogP contribution >= 0.6 is 0 Å². The Morgan fingerprint density at radius 1 is 0.917 bits per heavy atom. The number of aryl methyl sites for hydroxylation is 1. The van der Waals surface area contributed by atoms with Crippen LogP contribution < -0.4 is 0 Å². The normalized spacial score (nSPS) is 11.4. The number of nitrogens with zero attached hydrogens (tertiary/aromatic N) is 4. The van der Waals surface area contributed by atoms with Crippen LogP contribution in [0.15, 0.2) is 48.5 Å². The number of hydrogen-bond acceptors (Lipinski definition) is 3. The van der Waals surface area contributed by atoms with Gasteiger partial charge in [-0.05, 0) is 30.7 Å². The zero-order valence-corrected chi connectivity index (χ0v) is 13.4. The Morgan fingerprint density at radius 2 is 1.62 bits per heavy atom. The van der Waals surface area contributed by atoms with E-state index in [1.807, 2.05) is 34.9 Å². The summed E-state index contributed by atoms with van der Waals surface area (Å²) in [5.41, 5.74) is 3.37. The first-order chi connectivity index (χ1) is 11.8. The van der Waals surface area contributed by atoms with Crippen molar-refractivity contribution in [3.63, 3.8) is 0 Å². The lowest BCUT2D eigenvalue weighted by Crippen LogP contribution is -2.03. The van der Waals surface area contributed by atoms with Crippen molar-refractivity contribution in [2.45, 2.75) is 26.3 Å². The molecular formula is C19H17FN4. The summed E-state index contributed by atoms with van der Waals surface area (Å²) in [4.78, 5) is 13.9. The summed E-state index contributed by atoms with van der Waals surface area (Å²) >= 11 is 0. The molecule has 4 nitrogen and oxygen atoms in total. The minimum absolute atomic E-state index is 0.282. The minimum atomic E-state index is -0.282. The predicted octanol–water partition coefficient (Wildman–Crippen LogP) is 4.59. The summed E-state index contributed by atoms with van der Waals surface area (Å²) in [6.07, 6.45) is 2.01. The molecule has 0 radical (unpaired) electrons. The molecule has 4 rings (SSSR count). The van der Waals surface area contributed by atoms with E-state index < -0.39 is 0 Å². The van der Waals surface area contributed by atoms with Gasteiger partial charge in [0, 0.05) is 6.54 Å². The highest BCUT2D eigenvalue weighted by Crippen LogP contribution is 2.27. The van der Waals surface area contributed by atoms with Gasteiger partial charge in [-0.25, -0.2) is 19.3 Å². The van der Waals surface area contributed by atoms with Gasteiger partial charge in [0.25, 0.3) is 0 Å². The van der Waals surface area contributed by atoms with Crippen LogP contribution in [-0.4, -0.2) is 19.5 Å². The van der Waals surface area contributed by atoms with Gasteiger partial charge in [0.15, 0.2) is 11.3 Å². The molecule has 2 aromatic heterocycles. The van der Waals surface area contributed by atoms with Crippen LogP contribution in [0.1, 0.15) is 19.8 Å². The highest BCUT2D eigenvalue weighted by atomic mass is 19.1. The number of imidazole rings is 1. The molecule has 4 aromatic rings. The summed E-state index contributed by atoms with van der Waals surface area (Å²) in [6, 6.07) is 14.4. The predicted molar refractivity (Wildman–Crippen MR) is 93.1 cm³/mol. The smallest absolute Gasteiger partial charge is 0.198 e. The topological polar surface area (TPSA) is 43.6 Å². The molecular weight excluding hydrogens is 303 g/mol. The number of benzene rings is 2. The van der Waals surface area contributed by atoms with E-state index in [0.717, 1.165) is 30.4 Å². The largest absolute Gasteiger partial charge is 0.307 e. The van der Waals surface area contributed by atoms with Gasteiger partial charge in [-0.2, -0.15) is 0 Å². The summed E-state index contributed by atoms with van der Waals surface area (Å²) in [5, 5.41) is 0. The highest BCUT2D eigenvalue weighted by Gasteiger charge is 2.17. The second-order valence-electron chi connectivity index (χ2n) is 5.78. The van der Waals surface area contributed by atoms with Crippen LogP contribution in [0, 0.1) is 5.82 Å². The Balaban J connectivity index is 2.01. The number of fused-ring (bicyclic) bond motifs is 2. The van der Waals surface area contributed by atoms with Crippen LogP contribution in [0.4, 0.5) is 4.39 Å². The van der Waals surface area contributed by atoms with E-state index in [2.05, 4.69) is 16.9 Å². The molecule has 0 bridgehead atoms. The highest BCUT2D eigenvalue weighted by molar-refractivity contribution is 5.84. The second kappa shape index (κ2) is 6.00. The van der Waals surface area contributed by atoms with E-state index in [0.29, 0.717) is 22.7 Å². The van der Waals surface area contributed by atoms with Crippen LogP contribution in [0.2, 0.25) is 0 Å². The Bertz CT molecular complexity index is 1020. The lowest BCUT2D eigenvalue weighted by atomic mass is 10.2. The molecule has 0 amide bonds. The fourth-order valence-corrected chi connectivity index (χ4v) is 2.87. The molecule has 2 heterocycles. The summed E-state index contributed by atoms with van der Waals surface area (Å²) in [5.74, 6) is 0.307. The first kappa shape index (κ1) is 14.8. The van der Waals surface area contributed by atoms with Crippen LogP contribution in [0.25, 0.3) is 33.7 Å². The molecule has 0 saturated heterocycles. The molecule has 0 fully saturated rings. The summed E-state index contributed by atoms with van der Waals surface area (Å²) in [7, 11) is 0. The first-order valence-corrected chi connectivity index (χ1v) is 8.16. The van der Waals surface area contributed by atoms with E-state index in [1.54, 1.807) is 12.1 Å². The molecule has 2 aromatic carbocycles. The number of aromatic nitrogens is 4. The molecule has 5 heteroatoms. The van der Waals surface area contributed by atoms with Gasteiger partial charge < -0.3 is 4.57 Å². The fourth-order valence-electron chi connectivity index (χ4n) is 2.87. The second-order valence-corrected chi connectivity index (χ2v) is 5.78. The monoisotopic (exact) mass is 320 g/mol. The molecule has 0 aliphatic carbocycles. The number of hydrogen-bond donors (Lipinski definition) is 0. The lowest BCUT2D eigenvalue weighted by molar-refractivity contribution is 0.619. The number of unbranched alkanes of at least 4 members (excludes halogenated alkanes) is 1.